The van der Waals surface area contributed by atoms with Gasteiger partial charge in [-0.05, 0) is 27.7 Å². The van der Waals surface area contributed by atoms with Gasteiger partial charge in [0.2, 0.25) is 0 Å². The van der Waals surface area contributed by atoms with Gasteiger partial charge in [0.05, 0.1) is 17.2 Å². The average Bonchev–Trinajstić information content (AvgIpc) is 2.86. The van der Waals surface area contributed by atoms with Crippen LogP contribution in [-0.4, -0.2) is 38.5 Å². The number of aromatic amines is 1. The van der Waals surface area contributed by atoms with E-state index >= 15 is 0 Å². The molecule has 0 aliphatic rings. The van der Waals surface area contributed by atoms with Crippen LogP contribution in [0.3, 0.4) is 0 Å². The van der Waals surface area contributed by atoms with Crippen LogP contribution in [0.25, 0.3) is 11.3 Å². The molecule has 134 valence electrons. The molecule has 2 aromatic rings. The lowest BCUT2D eigenvalue weighted by atomic mass is 10.1. The fourth-order valence-electron chi connectivity index (χ4n) is 2.27. The number of nitro benzene ring substituents is 1. The van der Waals surface area contributed by atoms with Crippen molar-refractivity contribution in [3.8, 4) is 11.3 Å². The number of H-pyrrole nitrogens is 1. The summed E-state index contributed by atoms with van der Waals surface area (Å²) in [6, 6.07) is 6.29. The first-order chi connectivity index (χ1) is 11.6. The molecule has 0 unspecified atom stereocenters. The van der Waals surface area contributed by atoms with Gasteiger partial charge in [-0.15, -0.1) is 0 Å². The molecule has 0 atom stereocenters. The molecular weight excluding hydrogens is 324 g/mol. The topological polar surface area (TPSA) is 101 Å². The number of nitrogens with zero attached hydrogens (tertiary/aromatic N) is 3. The van der Waals surface area contributed by atoms with Crippen molar-refractivity contribution in [2.24, 2.45) is 0 Å². The van der Waals surface area contributed by atoms with Gasteiger partial charge >= 0.3 is 6.09 Å². The highest BCUT2D eigenvalue weighted by molar-refractivity contribution is 5.68. The Bertz CT molecular complexity index is 792. The predicted molar refractivity (Wildman–Crippen MR) is 93.1 cm³/mol. The average molecular weight is 346 g/mol. The minimum absolute atomic E-state index is 0.00678. The van der Waals surface area contributed by atoms with Gasteiger partial charge in [-0.1, -0.05) is 12.1 Å². The Labute approximate surface area is 146 Å². The van der Waals surface area contributed by atoms with Crippen LogP contribution in [0.4, 0.5) is 10.5 Å². The maximum Gasteiger partial charge on any atom is 0.410 e. The number of amides is 1. The molecular formula is C17H22N4O4. The van der Waals surface area contributed by atoms with Crippen LogP contribution >= 0.6 is 0 Å². The molecule has 8 heteroatoms. The van der Waals surface area contributed by atoms with Crippen molar-refractivity contribution in [3.63, 3.8) is 0 Å². The van der Waals surface area contributed by atoms with Crippen LogP contribution in [-0.2, 0) is 11.3 Å². The van der Waals surface area contributed by atoms with Crippen molar-refractivity contribution >= 4 is 11.8 Å². The molecule has 1 aromatic carbocycles. The highest BCUT2D eigenvalue weighted by atomic mass is 16.6. The summed E-state index contributed by atoms with van der Waals surface area (Å²) < 4.78 is 5.31. The summed E-state index contributed by atoms with van der Waals surface area (Å²) in [5, 5.41) is 10.9. The molecule has 0 aliphatic heterocycles. The van der Waals surface area contributed by atoms with E-state index in [-0.39, 0.29) is 12.2 Å². The molecule has 1 aromatic heterocycles. The minimum atomic E-state index is -0.571. The Morgan fingerprint density at radius 1 is 1.40 bits per heavy atom. The van der Waals surface area contributed by atoms with E-state index in [1.807, 2.05) is 6.92 Å². The van der Waals surface area contributed by atoms with Crippen molar-refractivity contribution in [2.75, 3.05) is 7.05 Å². The van der Waals surface area contributed by atoms with Crippen molar-refractivity contribution < 1.29 is 14.5 Å². The summed E-state index contributed by atoms with van der Waals surface area (Å²) in [4.78, 5) is 31.5. The fourth-order valence-corrected chi connectivity index (χ4v) is 2.27. The second kappa shape index (κ2) is 6.92. The van der Waals surface area contributed by atoms with Crippen LogP contribution in [0.1, 0.15) is 32.3 Å². The van der Waals surface area contributed by atoms with Crippen LogP contribution in [0.15, 0.2) is 24.3 Å². The third-order valence-electron chi connectivity index (χ3n) is 3.36. The van der Waals surface area contributed by atoms with Crippen molar-refractivity contribution in [1.82, 2.24) is 14.9 Å². The maximum atomic E-state index is 12.0. The zero-order valence-corrected chi connectivity index (χ0v) is 15.0. The molecule has 8 nitrogen and oxygen atoms in total. The molecule has 1 N–H and O–H groups in total. The van der Waals surface area contributed by atoms with Crippen molar-refractivity contribution in [3.05, 3.63) is 45.9 Å². The first kappa shape index (κ1) is 18.4. The molecule has 0 fully saturated rings. The van der Waals surface area contributed by atoms with E-state index in [0.717, 1.165) is 5.69 Å². The lowest BCUT2D eigenvalue weighted by Crippen LogP contribution is -2.34. The van der Waals surface area contributed by atoms with E-state index in [1.54, 1.807) is 40.0 Å². The van der Waals surface area contributed by atoms with E-state index in [2.05, 4.69) is 9.97 Å². The van der Waals surface area contributed by atoms with Gasteiger partial charge in [0.25, 0.3) is 5.69 Å². The van der Waals surface area contributed by atoms with Gasteiger partial charge in [-0.2, -0.15) is 0 Å². The highest BCUT2D eigenvalue weighted by Crippen LogP contribution is 2.25. The van der Waals surface area contributed by atoms with Crippen molar-refractivity contribution in [2.45, 2.75) is 39.8 Å². The quantitative estimate of drug-likeness (QED) is 0.672. The van der Waals surface area contributed by atoms with E-state index in [0.29, 0.717) is 17.1 Å². The highest BCUT2D eigenvalue weighted by Gasteiger charge is 2.21. The Kier molecular flexibility index (Phi) is 5.10. The Balaban J connectivity index is 2.19. The van der Waals surface area contributed by atoms with Gasteiger partial charge < -0.3 is 14.6 Å². The molecule has 0 aliphatic carbocycles. The van der Waals surface area contributed by atoms with E-state index in [9.17, 15) is 14.9 Å². The maximum absolute atomic E-state index is 12.0. The molecule has 1 heterocycles. The first-order valence-electron chi connectivity index (χ1n) is 7.81. The van der Waals surface area contributed by atoms with Crippen LogP contribution in [0.5, 0.6) is 0 Å². The lowest BCUT2D eigenvalue weighted by molar-refractivity contribution is -0.384. The summed E-state index contributed by atoms with van der Waals surface area (Å²) in [5.41, 5.74) is 1.48. The number of carbonyl (C=O) groups is 1. The Morgan fingerprint density at radius 3 is 2.68 bits per heavy atom. The van der Waals surface area contributed by atoms with Crippen molar-refractivity contribution in [1.29, 1.82) is 0 Å². The normalized spacial score (nSPS) is 11.2. The molecule has 25 heavy (non-hydrogen) atoms. The van der Waals surface area contributed by atoms with Gasteiger partial charge in [-0.25, -0.2) is 9.78 Å². The number of benzene rings is 1. The standard InChI is InChI=1S/C17H22N4O4/c1-11-15(12-7-6-8-13(9-12)21(23)24)19-14(18-11)10-20(5)16(22)25-17(2,3)4/h6-9H,10H2,1-5H3,(H,18,19). The number of ether oxygens (including phenoxy) is 1. The van der Waals surface area contributed by atoms with Gasteiger partial charge in [0, 0.05) is 30.4 Å². The molecule has 0 spiro atoms. The number of aryl methyl sites for hydroxylation is 1. The fraction of sp³-hybridized carbons (Fsp3) is 0.412. The summed E-state index contributed by atoms with van der Waals surface area (Å²) in [6.07, 6.45) is -0.446. The largest absolute Gasteiger partial charge is 0.444 e. The number of carbonyl (C=O) groups excluding carboxylic acids is 1. The summed E-state index contributed by atoms with van der Waals surface area (Å²) in [6.45, 7) is 7.48. The second-order valence-corrected chi connectivity index (χ2v) is 6.80. The number of non-ortho nitro benzene ring substituents is 1. The Morgan fingerprint density at radius 2 is 2.08 bits per heavy atom. The van der Waals surface area contributed by atoms with E-state index in [1.165, 1.54) is 17.0 Å². The predicted octanol–water partition coefficient (Wildman–Crippen LogP) is 3.66. The number of imidazole rings is 1. The smallest absolute Gasteiger partial charge is 0.410 e. The second-order valence-electron chi connectivity index (χ2n) is 6.80. The Hall–Kier alpha value is -2.90. The summed E-state index contributed by atoms with van der Waals surface area (Å²) in [7, 11) is 1.62. The minimum Gasteiger partial charge on any atom is -0.444 e. The number of rotatable bonds is 4. The zero-order valence-electron chi connectivity index (χ0n) is 15.0. The molecule has 0 saturated heterocycles. The number of hydrogen-bond acceptors (Lipinski definition) is 5. The van der Waals surface area contributed by atoms with Crippen LogP contribution < -0.4 is 0 Å². The molecule has 0 radical (unpaired) electrons. The molecule has 2 rings (SSSR count). The number of nitrogens with one attached hydrogen (secondary N) is 1. The summed E-state index contributed by atoms with van der Waals surface area (Å²) >= 11 is 0. The summed E-state index contributed by atoms with van der Waals surface area (Å²) in [5.74, 6) is 0.576. The van der Waals surface area contributed by atoms with Gasteiger partial charge in [0.15, 0.2) is 0 Å². The van der Waals surface area contributed by atoms with E-state index < -0.39 is 16.6 Å². The molecule has 0 bridgehead atoms. The van der Waals surface area contributed by atoms with E-state index in [4.69, 9.17) is 4.74 Å². The van der Waals surface area contributed by atoms with Gasteiger partial charge in [-0.3, -0.25) is 10.1 Å². The zero-order chi connectivity index (χ0) is 18.8. The third-order valence-corrected chi connectivity index (χ3v) is 3.36. The van der Waals surface area contributed by atoms with Gasteiger partial charge in [0.1, 0.15) is 11.4 Å². The lowest BCUT2D eigenvalue weighted by Gasteiger charge is -2.24. The number of aromatic nitrogens is 2. The third kappa shape index (κ3) is 4.79. The van der Waals surface area contributed by atoms with Crippen LogP contribution in [0, 0.1) is 17.0 Å². The number of hydrogen-bond donors (Lipinski definition) is 1. The monoisotopic (exact) mass is 346 g/mol. The molecule has 0 saturated carbocycles. The molecule has 1 amide bonds. The van der Waals surface area contributed by atoms with Crippen LogP contribution in [0.2, 0.25) is 0 Å². The first-order valence-corrected chi connectivity index (χ1v) is 7.81. The SMILES string of the molecule is Cc1[nH]c(CN(C)C(=O)OC(C)(C)C)nc1-c1cccc([N+](=O)[O-])c1. The number of nitro groups is 1.